The number of piperidine rings is 1. The molecule has 2 rings (SSSR count). The summed E-state index contributed by atoms with van der Waals surface area (Å²) < 4.78 is 5.93. The van der Waals surface area contributed by atoms with E-state index < -0.39 is 0 Å². The summed E-state index contributed by atoms with van der Waals surface area (Å²) >= 11 is 0. The van der Waals surface area contributed by atoms with E-state index >= 15 is 0 Å². The molecular weight excluding hydrogens is 174 g/mol. The second-order valence-electron chi connectivity index (χ2n) is 4.92. The molecule has 2 aliphatic heterocycles. The van der Waals surface area contributed by atoms with Crippen LogP contribution in [0.5, 0.6) is 0 Å². The van der Waals surface area contributed by atoms with Gasteiger partial charge < -0.3 is 10.1 Å². The monoisotopic (exact) mass is 197 g/mol. The van der Waals surface area contributed by atoms with Crippen LogP contribution in [0.15, 0.2) is 0 Å². The van der Waals surface area contributed by atoms with Gasteiger partial charge in [0.15, 0.2) is 0 Å². The minimum Gasteiger partial charge on any atom is -0.374 e. The molecule has 0 radical (unpaired) electrons. The van der Waals surface area contributed by atoms with Gasteiger partial charge in [0.2, 0.25) is 0 Å². The van der Waals surface area contributed by atoms with E-state index in [-0.39, 0.29) is 0 Å². The van der Waals surface area contributed by atoms with Gasteiger partial charge in [-0.1, -0.05) is 13.3 Å². The fraction of sp³-hybridized carbons (Fsp3) is 1.00. The van der Waals surface area contributed by atoms with Crippen LogP contribution in [0.4, 0.5) is 0 Å². The van der Waals surface area contributed by atoms with Gasteiger partial charge in [0.1, 0.15) is 0 Å². The molecule has 2 nitrogen and oxygen atoms in total. The lowest BCUT2D eigenvalue weighted by Crippen LogP contribution is -2.45. The zero-order chi connectivity index (χ0) is 9.97. The van der Waals surface area contributed by atoms with Crippen molar-refractivity contribution in [2.24, 2.45) is 5.92 Å². The minimum atomic E-state index is 0.490. The van der Waals surface area contributed by atoms with Crippen LogP contribution >= 0.6 is 0 Å². The molecule has 2 saturated heterocycles. The minimum absolute atomic E-state index is 0.490. The fourth-order valence-corrected chi connectivity index (χ4v) is 2.82. The molecule has 0 aromatic carbocycles. The molecule has 4 unspecified atom stereocenters. The van der Waals surface area contributed by atoms with Crippen LogP contribution in [0, 0.1) is 5.92 Å². The smallest absolute Gasteiger partial charge is 0.0732 e. The second kappa shape index (κ2) is 4.63. The van der Waals surface area contributed by atoms with Crippen molar-refractivity contribution in [2.45, 2.75) is 64.2 Å². The largest absolute Gasteiger partial charge is 0.374 e. The molecule has 0 aromatic heterocycles. The number of nitrogens with one attached hydrogen (secondary N) is 1. The number of hydrogen-bond donors (Lipinski definition) is 1. The van der Waals surface area contributed by atoms with Crippen LogP contribution in [0.2, 0.25) is 0 Å². The van der Waals surface area contributed by atoms with E-state index in [0.717, 1.165) is 5.92 Å². The molecule has 0 aromatic rings. The Balaban J connectivity index is 1.84. The molecule has 1 N–H and O–H groups in total. The summed E-state index contributed by atoms with van der Waals surface area (Å²) in [5.74, 6) is 0.931. The second-order valence-corrected chi connectivity index (χ2v) is 4.92. The highest BCUT2D eigenvalue weighted by Crippen LogP contribution is 2.28. The van der Waals surface area contributed by atoms with Crippen LogP contribution < -0.4 is 5.32 Å². The van der Waals surface area contributed by atoms with Gasteiger partial charge in [-0.2, -0.15) is 0 Å². The van der Waals surface area contributed by atoms with E-state index in [1.54, 1.807) is 0 Å². The van der Waals surface area contributed by atoms with Gasteiger partial charge in [0.25, 0.3) is 0 Å². The Morgan fingerprint density at radius 3 is 2.79 bits per heavy atom. The van der Waals surface area contributed by atoms with E-state index in [1.165, 1.54) is 38.6 Å². The molecule has 14 heavy (non-hydrogen) atoms. The van der Waals surface area contributed by atoms with E-state index in [0.29, 0.717) is 18.2 Å². The van der Waals surface area contributed by atoms with Gasteiger partial charge in [0.05, 0.1) is 12.2 Å². The number of hydrogen-bond acceptors (Lipinski definition) is 2. The van der Waals surface area contributed by atoms with E-state index in [2.05, 4.69) is 19.2 Å². The summed E-state index contributed by atoms with van der Waals surface area (Å²) in [4.78, 5) is 0. The standard InChI is InChI=1S/C12H23NO/c1-3-10-6-7-13-11(8-10)12-5-4-9(2)14-12/h9-13H,3-8H2,1-2H3. The molecule has 0 bridgehead atoms. The Kier molecular flexibility index (Phi) is 3.45. The van der Waals surface area contributed by atoms with E-state index in [4.69, 9.17) is 4.74 Å². The summed E-state index contributed by atoms with van der Waals surface area (Å²) in [7, 11) is 0. The van der Waals surface area contributed by atoms with Gasteiger partial charge in [0, 0.05) is 6.04 Å². The summed E-state index contributed by atoms with van der Waals surface area (Å²) in [5, 5.41) is 3.62. The van der Waals surface area contributed by atoms with Crippen molar-refractivity contribution < 1.29 is 4.74 Å². The summed E-state index contributed by atoms with van der Waals surface area (Å²) in [6.45, 7) is 5.70. The Morgan fingerprint density at radius 1 is 1.29 bits per heavy atom. The molecule has 0 spiro atoms. The summed E-state index contributed by atoms with van der Waals surface area (Å²) in [5.41, 5.74) is 0. The Hall–Kier alpha value is -0.0800. The van der Waals surface area contributed by atoms with Crippen LogP contribution in [0.1, 0.15) is 46.0 Å². The molecule has 0 amide bonds. The molecule has 82 valence electrons. The third-order valence-corrected chi connectivity index (χ3v) is 3.84. The van der Waals surface area contributed by atoms with Crippen LogP contribution in [-0.4, -0.2) is 24.8 Å². The highest BCUT2D eigenvalue weighted by molar-refractivity contribution is 4.87. The molecular formula is C12H23NO. The first kappa shape index (κ1) is 10.4. The zero-order valence-electron chi connectivity index (χ0n) is 9.46. The van der Waals surface area contributed by atoms with Crippen molar-refractivity contribution in [3.63, 3.8) is 0 Å². The maximum absolute atomic E-state index is 5.93. The normalized spacial score (nSPS) is 44.1. The summed E-state index contributed by atoms with van der Waals surface area (Å²) in [6, 6.07) is 0.638. The van der Waals surface area contributed by atoms with Gasteiger partial charge >= 0.3 is 0 Å². The lowest BCUT2D eigenvalue weighted by molar-refractivity contribution is 0.0197. The van der Waals surface area contributed by atoms with Gasteiger partial charge in [-0.25, -0.2) is 0 Å². The van der Waals surface area contributed by atoms with Crippen molar-refractivity contribution in [1.82, 2.24) is 5.32 Å². The lowest BCUT2D eigenvalue weighted by Gasteiger charge is -2.33. The predicted octanol–water partition coefficient (Wildman–Crippen LogP) is 2.33. The third kappa shape index (κ3) is 2.29. The maximum atomic E-state index is 5.93. The van der Waals surface area contributed by atoms with E-state index in [9.17, 15) is 0 Å². The van der Waals surface area contributed by atoms with Crippen molar-refractivity contribution >= 4 is 0 Å². The van der Waals surface area contributed by atoms with Crippen molar-refractivity contribution in [1.29, 1.82) is 0 Å². The predicted molar refractivity (Wildman–Crippen MR) is 58.4 cm³/mol. The molecule has 4 atom stereocenters. The van der Waals surface area contributed by atoms with Crippen LogP contribution in [-0.2, 0) is 4.74 Å². The van der Waals surface area contributed by atoms with Gasteiger partial charge in [-0.05, 0) is 45.1 Å². The Morgan fingerprint density at radius 2 is 2.14 bits per heavy atom. The zero-order valence-corrected chi connectivity index (χ0v) is 9.46. The number of ether oxygens (including phenoxy) is 1. The molecule has 2 heteroatoms. The van der Waals surface area contributed by atoms with Crippen LogP contribution in [0.25, 0.3) is 0 Å². The van der Waals surface area contributed by atoms with Crippen molar-refractivity contribution in [2.75, 3.05) is 6.54 Å². The topological polar surface area (TPSA) is 21.3 Å². The first-order valence-electron chi connectivity index (χ1n) is 6.18. The fourth-order valence-electron chi connectivity index (χ4n) is 2.82. The average molecular weight is 197 g/mol. The van der Waals surface area contributed by atoms with Crippen molar-refractivity contribution in [3.8, 4) is 0 Å². The molecule has 0 saturated carbocycles. The molecule has 2 heterocycles. The van der Waals surface area contributed by atoms with E-state index in [1.807, 2.05) is 0 Å². The quantitative estimate of drug-likeness (QED) is 0.733. The highest BCUT2D eigenvalue weighted by atomic mass is 16.5. The third-order valence-electron chi connectivity index (χ3n) is 3.84. The first-order valence-corrected chi connectivity index (χ1v) is 6.18. The van der Waals surface area contributed by atoms with Gasteiger partial charge in [-0.15, -0.1) is 0 Å². The highest BCUT2D eigenvalue weighted by Gasteiger charge is 2.32. The number of rotatable bonds is 2. The molecule has 0 aliphatic carbocycles. The maximum Gasteiger partial charge on any atom is 0.0732 e. The Bertz CT molecular complexity index is 183. The average Bonchev–Trinajstić information content (AvgIpc) is 2.65. The Labute approximate surface area is 87.4 Å². The van der Waals surface area contributed by atoms with Crippen LogP contribution in [0.3, 0.4) is 0 Å². The van der Waals surface area contributed by atoms with Crippen molar-refractivity contribution in [3.05, 3.63) is 0 Å². The van der Waals surface area contributed by atoms with Gasteiger partial charge in [-0.3, -0.25) is 0 Å². The summed E-state index contributed by atoms with van der Waals surface area (Å²) in [6.07, 6.45) is 7.52. The molecule has 2 aliphatic rings. The molecule has 2 fully saturated rings. The first-order chi connectivity index (χ1) is 6.79. The lowest BCUT2D eigenvalue weighted by atomic mass is 9.87. The SMILES string of the molecule is CCC1CCNC(C2CCC(C)O2)C1.